The molecule has 0 bridgehead atoms. The number of aromatic nitrogens is 2. The molecule has 0 fully saturated rings. The maximum absolute atomic E-state index is 5.94. The first-order chi connectivity index (χ1) is 6.07. The van der Waals surface area contributed by atoms with Gasteiger partial charge in [0.2, 0.25) is 0 Å². The van der Waals surface area contributed by atoms with Crippen LogP contribution in [0.15, 0.2) is 0 Å². The number of aryl methyl sites for hydroxylation is 1. The van der Waals surface area contributed by atoms with E-state index >= 15 is 0 Å². The van der Waals surface area contributed by atoms with Crippen molar-refractivity contribution in [1.82, 2.24) is 9.55 Å². The molecule has 3 nitrogen and oxygen atoms in total. The number of rotatable bonds is 3. The highest BCUT2D eigenvalue weighted by atomic mass is 15.1. The number of nitrogen functional groups attached to an aromatic ring is 1. The fourth-order valence-corrected chi connectivity index (χ4v) is 1.45. The van der Waals surface area contributed by atoms with Gasteiger partial charge in [-0.1, -0.05) is 20.8 Å². The second-order valence-electron chi connectivity index (χ2n) is 3.76. The molecule has 0 aliphatic rings. The molecule has 0 saturated carbocycles. The van der Waals surface area contributed by atoms with Crippen LogP contribution in [-0.2, 0) is 13.5 Å². The Morgan fingerprint density at radius 2 is 2.08 bits per heavy atom. The summed E-state index contributed by atoms with van der Waals surface area (Å²) in [6.45, 7) is 6.39. The van der Waals surface area contributed by atoms with Crippen molar-refractivity contribution in [2.75, 3.05) is 5.73 Å². The Bertz CT molecular complexity index is 287. The molecule has 2 N–H and O–H groups in total. The molecule has 1 aromatic rings. The third-order valence-corrected chi connectivity index (χ3v) is 2.28. The van der Waals surface area contributed by atoms with Gasteiger partial charge in [0.05, 0.1) is 5.69 Å². The van der Waals surface area contributed by atoms with Crippen LogP contribution in [0.2, 0.25) is 0 Å². The van der Waals surface area contributed by atoms with E-state index in [1.165, 1.54) is 0 Å². The number of hydrogen-bond donors (Lipinski definition) is 1. The molecule has 0 unspecified atom stereocenters. The Labute approximate surface area is 80.0 Å². The van der Waals surface area contributed by atoms with Crippen molar-refractivity contribution in [2.24, 2.45) is 7.05 Å². The van der Waals surface area contributed by atoms with Crippen molar-refractivity contribution >= 4 is 5.82 Å². The normalized spacial score (nSPS) is 11.2. The molecule has 13 heavy (non-hydrogen) atoms. The monoisotopic (exact) mass is 181 g/mol. The Morgan fingerprint density at radius 3 is 2.46 bits per heavy atom. The average Bonchev–Trinajstić information content (AvgIpc) is 2.33. The van der Waals surface area contributed by atoms with Crippen LogP contribution in [0.3, 0.4) is 0 Å². The van der Waals surface area contributed by atoms with Crippen molar-refractivity contribution in [2.45, 2.75) is 39.5 Å². The first-order valence-corrected chi connectivity index (χ1v) is 4.88. The van der Waals surface area contributed by atoms with Gasteiger partial charge in [0, 0.05) is 13.5 Å². The SMILES string of the molecule is CCCc1nc(C(C)C)c(N)n1C. The minimum Gasteiger partial charge on any atom is -0.384 e. The van der Waals surface area contributed by atoms with Crippen LogP contribution in [-0.4, -0.2) is 9.55 Å². The Morgan fingerprint density at radius 1 is 1.46 bits per heavy atom. The van der Waals surface area contributed by atoms with Crippen molar-refractivity contribution < 1.29 is 0 Å². The topological polar surface area (TPSA) is 43.8 Å². The van der Waals surface area contributed by atoms with Gasteiger partial charge in [0.25, 0.3) is 0 Å². The third kappa shape index (κ3) is 1.85. The van der Waals surface area contributed by atoms with Gasteiger partial charge in [-0.15, -0.1) is 0 Å². The van der Waals surface area contributed by atoms with Crippen molar-refractivity contribution in [1.29, 1.82) is 0 Å². The number of hydrogen-bond acceptors (Lipinski definition) is 2. The number of imidazole rings is 1. The summed E-state index contributed by atoms with van der Waals surface area (Å²) in [7, 11) is 1.99. The zero-order valence-corrected chi connectivity index (χ0v) is 8.96. The van der Waals surface area contributed by atoms with Crippen molar-refractivity contribution in [3.05, 3.63) is 11.5 Å². The minimum absolute atomic E-state index is 0.414. The third-order valence-electron chi connectivity index (χ3n) is 2.28. The van der Waals surface area contributed by atoms with E-state index in [0.717, 1.165) is 30.2 Å². The maximum Gasteiger partial charge on any atom is 0.126 e. The van der Waals surface area contributed by atoms with Crippen LogP contribution in [0.25, 0.3) is 0 Å². The van der Waals surface area contributed by atoms with Crippen LogP contribution in [0, 0.1) is 0 Å². The molecule has 0 aliphatic carbocycles. The molecular weight excluding hydrogens is 162 g/mol. The molecule has 0 aromatic carbocycles. The van der Waals surface area contributed by atoms with Gasteiger partial charge in [-0.25, -0.2) is 4.98 Å². The quantitative estimate of drug-likeness (QED) is 0.775. The van der Waals surface area contributed by atoms with Gasteiger partial charge in [0.15, 0.2) is 0 Å². The molecule has 3 heteroatoms. The fourth-order valence-electron chi connectivity index (χ4n) is 1.45. The summed E-state index contributed by atoms with van der Waals surface area (Å²) in [6.07, 6.45) is 2.12. The van der Waals surface area contributed by atoms with Crippen LogP contribution in [0.1, 0.15) is 44.6 Å². The zero-order chi connectivity index (χ0) is 10.0. The van der Waals surface area contributed by atoms with E-state index in [1.54, 1.807) is 0 Å². The van der Waals surface area contributed by atoms with Crippen LogP contribution >= 0.6 is 0 Å². The lowest BCUT2D eigenvalue weighted by Crippen LogP contribution is -2.02. The van der Waals surface area contributed by atoms with Crippen LogP contribution in [0.5, 0.6) is 0 Å². The lowest BCUT2D eigenvalue weighted by Gasteiger charge is -2.02. The van der Waals surface area contributed by atoms with Crippen LogP contribution in [0.4, 0.5) is 5.82 Å². The summed E-state index contributed by atoms with van der Waals surface area (Å²) in [5, 5.41) is 0. The Hall–Kier alpha value is -0.990. The van der Waals surface area contributed by atoms with E-state index in [-0.39, 0.29) is 0 Å². The van der Waals surface area contributed by atoms with Gasteiger partial charge in [-0.2, -0.15) is 0 Å². The Balaban J connectivity index is 3.05. The molecule has 1 rings (SSSR count). The van der Waals surface area contributed by atoms with E-state index in [4.69, 9.17) is 5.73 Å². The smallest absolute Gasteiger partial charge is 0.126 e. The van der Waals surface area contributed by atoms with E-state index in [1.807, 2.05) is 11.6 Å². The van der Waals surface area contributed by atoms with E-state index in [0.29, 0.717) is 5.92 Å². The van der Waals surface area contributed by atoms with E-state index < -0.39 is 0 Å². The lowest BCUT2D eigenvalue weighted by molar-refractivity contribution is 0.759. The second kappa shape index (κ2) is 3.81. The number of nitrogens with zero attached hydrogens (tertiary/aromatic N) is 2. The Kier molecular flexibility index (Phi) is 2.96. The molecule has 74 valence electrons. The molecule has 0 aliphatic heterocycles. The largest absolute Gasteiger partial charge is 0.384 e. The first-order valence-electron chi connectivity index (χ1n) is 4.88. The molecule has 0 atom stereocenters. The highest BCUT2D eigenvalue weighted by Gasteiger charge is 2.13. The summed E-state index contributed by atoms with van der Waals surface area (Å²) in [5.74, 6) is 2.33. The summed E-state index contributed by atoms with van der Waals surface area (Å²) < 4.78 is 2.00. The van der Waals surface area contributed by atoms with Crippen molar-refractivity contribution in [3.8, 4) is 0 Å². The molecular formula is C10H19N3. The summed E-state index contributed by atoms with van der Waals surface area (Å²) >= 11 is 0. The van der Waals surface area contributed by atoms with Crippen molar-refractivity contribution in [3.63, 3.8) is 0 Å². The van der Waals surface area contributed by atoms with E-state index in [9.17, 15) is 0 Å². The van der Waals surface area contributed by atoms with Gasteiger partial charge < -0.3 is 10.3 Å². The molecule has 1 aromatic heterocycles. The standard InChI is InChI=1S/C10H19N3/c1-5-6-8-12-9(7(2)3)10(11)13(8)4/h7H,5-6,11H2,1-4H3. The van der Waals surface area contributed by atoms with Gasteiger partial charge >= 0.3 is 0 Å². The van der Waals surface area contributed by atoms with Crippen LogP contribution < -0.4 is 5.73 Å². The highest BCUT2D eigenvalue weighted by Crippen LogP contribution is 2.21. The van der Waals surface area contributed by atoms with Gasteiger partial charge in [-0.05, 0) is 12.3 Å². The molecule has 0 amide bonds. The fraction of sp³-hybridized carbons (Fsp3) is 0.700. The predicted octanol–water partition coefficient (Wildman–Crippen LogP) is 2.08. The molecule has 1 heterocycles. The molecule has 0 spiro atoms. The first kappa shape index (κ1) is 10.1. The molecule has 0 radical (unpaired) electrons. The number of anilines is 1. The van der Waals surface area contributed by atoms with Gasteiger partial charge in [-0.3, -0.25) is 0 Å². The summed E-state index contributed by atoms with van der Waals surface area (Å²) in [5.41, 5.74) is 6.97. The maximum atomic E-state index is 5.94. The lowest BCUT2D eigenvalue weighted by atomic mass is 10.1. The average molecular weight is 181 g/mol. The minimum atomic E-state index is 0.414. The summed E-state index contributed by atoms with van der Waals surface area (Å²) in [6, 6.07) is 0. The zero-order valence-electron chi connectivity index (χ0n) is 8.96. The second-order valence-corrected chi connectivity index (χ2v) is 3.76. The van der Waals surface area contributed by atoms with Gasteiger partial charge in [0.1, 0.15) is 11.6 Å². The predicted molar refractivity (Wildman–Crippen MR) is 55.7 cm³/mol. The molecule has 0 saturated heterocycles. The highest BCUT2D eigenvalue weighted by molar-refractivity contribution is 5.39. The summed E-state index contributed by atoms with van der Waals surface area (Å²) in [4.78, 5) is 4.54. The van der Waals surface area contributed by atoms with E-state index in [2.05, 4.69) is 25.8 Å². The number of nitrogens with two attached hydrogens (primary N) is 1.